The van der Waals surface area contributed by atoms with E-state index in [-0.39, 0.29) is 22.5 Å². The van der Waals surface area contributed by atoms with Crippen LogP contribution in [0.25, 0.3) is 0 Å². The summed E-state index contributed by atoms with van der Waals surface area (Å²) in [6, 6.07) is 17.0. The van der Waals surface area contributed by atoms with Crippen LogP contribution in [-0.4, -0.2) is 9.49 Å². The number of hydrogen-bond acceptors (Lipinski definition) is 6. The third kappa shape index (κ3) is 3.35. The molecule has 0 bridgehead atoms. The molecule has 3 aromatic rings. The molecule has 4 rings (SSSR count). The van der Waals surface area contributed by atoms with Crippen LogP contribution in [0, 0.1) is 28.4 Å². The number of allylic oxidation sites excluding steroid dienone is 1. The Labute approximate surface area is 192 Å². The molecule has 32 heavy (non-hydrogen) atoms. The second-order valence-corrected chi connectivity index (χ2v) is 8.37. The van der Waals surface area contributed by atoms with Gasteiger partial charge in [-0.15, -0.1) is 0 Å². The summed E-state index contributed by atoms with van der Waals surface area (Å²) >= 11 is 3.41. The Balaban J connectivity index is 2.05. The third-order valence-corrected chi connectivity index (χ3v) is 6.17. The quantitative estimate of drug-likeness (QED) is 0.429. The molecule has 8 nitrogen and oxygen atoms in total. The van der Waals surface area contributed by atoms with E-state index in [1.54, 1.807) is 17.0 Å². The molecule has 1 aliphatic rings. The Bertz CT molecular complexity index is 1370. The number of fused-ring (bicyclic) bond motifs is 1. The summed E-state index contributed by atoms with van der Waals surface area (Å²) in [6.45, 7) is 1.81. The lowest BCUT2D eigenvalue weighted by Gasteiger charge is -2.37. The lowest BCUT2D eigenvalue weighted by Crippen LogP contribution is -2.37. The van der Waals surface area contributed by atoms with Crippen LogP contribution in [-0.2, 0) is 7.05 Å². The van der Waals surface area contributed by atoms with Gasteiger partial charge >= 0.3 is 0 Å². The van der Waals surface area contributed by atoms with Gasteiger partial charge in [-0.3, -0.25) is 19.8 Å². The van der Waals surface area contributed by atoms with Crippen molar-refractivity contribution >= 4 is 33.1 Å². The molecule has 2 aromatic carbocycles. The fourth-order valence-corrected chi connectivity index (χ4v) is 4.25. The minimum Gasteiger partial charge on any atom is -0.384 e. The van der Waals surface area contributed by atoms with Crippen molar-refractivity contribution in [2.45, 2.75) is 12.8 Å². The molecule has 1 aliphatic heterocycles. The van der Waals surface area contributed by atoms with E-state index in [0.29, 0.717) is 22.8 Å². The molecule has 1 atom stereocenters. The number of pyridine rings is 1. The average molecular weight is 492 g/mol. The first-order valence-corrected chi connectivity index (χ1v) is 10.4. The highest BCUT2D eigenvalue weighted by molar-refractivity contribution is 9.10. The molecule has 2 N–H and O–H groups in total. The fraction of sp³-hybridized carbons (Fsp3) is 0.130. The Morgan fingerprint density at radius 2 is 1.78 bits per heavy atom. The summed E-state index contributed by atoms with van der Waals surface area (Å²) in [7, 11) is 1.81. The Morgan fingerprint density at radius 1 is 1.16 bits per heavy atom. The summed E-state index contributed by atoms with van der Waals surface area (Å²) in [5.41, 5.74) is 8.89. The van der Waals surface area contributed by atoms with Crippen LogP contribution in [0.1, 0.15) is 22.7 Å². The van der Waals surface area contributed by atoms with E-state index in [4.69, 9.17) is 5.73 Å². The van der Waals surface area contributed by atoms with Gasteiger partial charge in [0.15, 0.2) is 5.43 Å². The monoisotopic (exact) mass is 491 g/mol. The van der Waals surface area contributed by atoms with E-state index < -0.39 is 10.8 Å². The van der Waals surface area contributed by atoms with Crippen molar-refractivity contribution in [3.63, 3.8) is 0 Å². The zero-order valence-corrected chi connectivity index (χ0v) is 18.8. The number of nitrogens with zero attached hydrogens (tertiary/aromatic N) is 4. The van der Waals surface area contributed by atoms with Gasteiger partial charge < -0.3 is 10.3 Å². The van der Waals surface area contributed by atoms with E-state index in [2.05, 4.69) is 22.0 Å². The van der Waals surface area contributed by atoms with Crippen LogP contribution < -0.4 is 16.1 Å². The van der Waals surface area contributed by atoms with E-state index in [1.807, 2.05) is 42.8 Å². The molecule has 0 aliphatic carbocycles. The lowest BCUT2D eigenvalue weighted by atomic mass is 9.82. The van der Waals surface area contributed by atoms with Gasteiger partial charge in [-0.2, -0.15) is 5.26 Å². The van der Waals surface area contributed by atoms with Crippen molar-refractivity contribution in [1.29, 1.82) is 5.26 Å². The van der Waals surface area contributed by atoms with Crippen LogP contribution in [0.3, 0.4) is 0 Å². The first kappa shape index (κ1) is 21.3. The molecule has 0 saturated heterocycles. The number of nitrogens with two attached hydrogens (primary N) is 1. The third-order valence-electron chi connectivity index (χ3n) is 5.64. The van der Waals surface area contributed by atoms with Crippen LogP contribution in [0.15, 0.2) is 75.3 Å². The summed E-state index contributed by atoms with van der Waals surface area (Å²) < 4.78 is 2.71. The second-order valence-electron chi connectivity index (χ2n) is 7.45. The lowest BCUT2D eigenvalue weighted by molar-refractivity contribution is -0.384. The van der Waals surface area contributed by atoms with E-state index in [1.165, 1.54) is 18.2 Å². The minimum atomic E-state index is -0.642. The van der Waals surface area contributed by atoms with E-state index in [0.717, 1.165) is 10.0 Å². The smallest absolute Gasteiger partial charge is 0.269 e. The molecule has 2 heterocycles. The van der Waals surface area contributed by atoms with Gasteiger partial charge in [0.25, 0.3) is 5.69 Å². The summed E-state index contributed by atoms with van der Waals surface area (Å²) in [6.07, 6.45) is 0. The molecule has 0 spiro atoms. The number of nitro groups is 1. The molecule has 0 saturated carbocycles. The largest absolute Gasteiger partial charge is 0.384 e. The highest BCUT2D eigenvalue weighted by atomic mass is 79.9. The molecule has 0 radical (unpaired) electrons. The summed E-state index contributed by atoms with van der Waals surface area (Å²) in [5.74, 6) is 0.0485. The molecular formula is C23H18BrN5O3. The zero-order chi connectivity index (χ0) is 23.2. The molecule has 160 valence electrons. The van der Waals surface area contributed by atoms with E-state index in [9.17, 15) is 20.2 Å². The highest BCUT2D eigenvalue weighted by Crippen LogP contribution is 2.45. The van der Waals surface area contributed by atoms with Gasteiger partial charge in [-0.05, 0) is 36.8 Å². The number of nitro benzene ring substituents is 1. The van der Waals surface area contributed by atoms with Crippen molar-refractivity contribution in [3.8, 4) is 6.07 Å². The van der Waals surface area contributed by atoms with Crippen LogP contribution in [0.5, 0.6) is 0 Å². The molecule has 1 aromatic heterocycles. The van der Waals surface area contributed by atoms with Crippen molar-refractivity contribution in [3.05, 3.63) is 108 Å². The van der Waals surface area contributed by atoms with Crippen molar-refractivity contribution in [2.24, 2.45) is 12.8 Å². The van der Waals surface area contributed by atoms with Crippen LogP contribution >= 0.6 is 15.9 Å². The Kier molecular flexibility index (Phi) is 5.32. The second kappa shape index (κ2) is 7.98. The Morgan fingerprint density at radius 3 is 2.34 bits per heavy atom. The van der Waals surface area contributed by atoms with Crippen LogP contribution in [0.4, 0.5) is 17.2 Å². The topological polar surface area (TPSA) is 118 Å². The van der Waals surface area contributed by atoms with Crippen LogP contribution in [0.2, 0.25) is 0 Å². The Hall–Kier alpha value is -3.90. The van der Waals surface area contributed by atoms with Crippen molar-refractivity contribution in [1.82, 2.24) is 4.57 Å². The number of nitriles is 1. The normalized spacial score (nSPS) is 15.3. The number of halogens is 1. The number of aryl methyl sites for hydroxylation is 1. The minimum absolute atomic E-state index is 0.0695. The summed E-state index contributed by atoms with van der Waals surface area (Å²) in [4.78, 5) is 25.5. The van der Waals surface area contributed by atoms with Gasteiger partial charge in [0.2, 0.25) is 0 Å². The zero-order valence-electron chi connectivity index (χ0n) is 17.2. The maximum atomic E-state index is 13.3. The maximum absolute atomic E-state index is 13.3. The average Bonchev–Trinajstić information content (AvgIpc) is 2.77. The van der Waals surface area contributed by atoms with Gasteiger partial charge in [0.05, 0.1) is 28.0 Å². The van der Waals surface area contributed by atoms with Gasteiger partial charge in [0.1, 0.15) is 11.6 Å². The maximum Gasteiger partial charge on any atom is 0.269 e. The predicted octanol–water partition coefficient (Wildman–Crippen LogP) is 4.34. The number of anilines is 2. The molecule has 9 heteroatoms. The molecule has 0 fully saturated rings. The van der Waals surface area contributed by atoms with Gasteiger partial charge in [-0.25, -0.2) is 0 Å². The standard InChI is InChI=1S/C23H18BrN5O3/c1-13-11-19(30)21-20(14-3-5-15(24)6-4-14)18(12-25)22(26)28(23(21)27(13)2)16-7-9-17(10-8-16)29(31)32/h3-11,20H,26H2,1-2H3. The molecular weight excluding hydrogens is 474 g/mol. The number of aromatic nitrogens is 1. The van der Waals surface area contributed by atoms with Gasteiger partial charge in [0, 0.05) is 41.1 Å². The van der Waals surface area contributed by atoms with Gasteiger partial charge in [-0.1, -0.05) is 28.1 Å². The number of hydrogen-bond donors (Lipinski definition) is 1. The highest BCUT2D eigenvalue weighted by Gasteiger charge is 2.37. The molecule has 1 unspecified atom stereocenters. The van der Waals surface area contributed by atoms with Crippen molar-refractivity contribution in [2.75, 3.05) is 4.90 Å². The summed E-state index contributed by atoms with van der Waals surface area (Å²) in [5, 5.41) is 21.1. The number of non-ortho nitro benzene ring substituents is 1. The van der Waals surface area contributed by atoms with E-state index >= 15 is 0 Å². The first-order chi connectivity index (χ1) is 15.2. The fourth-order valence-electron chi connectivity index (χ4n) is 3.99. The predicted molar refractivity (Wildman–Crippen MR) is 124 cm³/mol. The number of rotatable bonds is 3. The first-order valence-electron chi connectivity index (χ1n) is 9.65. The number of benzene rings is 2. The van der Waals surface area contributed by atoms with Crippen molar-refractivity contribution < 1.29 is 4.92 Å². The molecule has 0 amide bonds. The SMILES string of the molecule is Cc1cc(=O)c2c(n1C)N(c1ccc([N+](=O)[O-])cc1)C(N)=C(C#N)C2c1ccc(Br)cc1.